The molecule has 2 N–H and O–H groups in total. The number of fused-ring (bicyclic) bond motifs is 1. The van der Waals surface area contributed by atoms with Crippen molar-refractivity contribution < 1.29 is 4.74 Å². The summed E-state index contributed by atoms with van der Waals surface area (Å²) in [7, 11) is 0. The standard InChI is InChI=1S/C17H16N2O/c1-2-20-15-7-9-17-13(11-15)6-8-16(19-17)12-4-3-5-14(18)10-12/h3-11H,2,18H2,1H3. The minimum atomic E-state index is 0.667. The third-order valence-electron chi connectivity index (χ3n) is 3.15. The van der Waals surface area contributed by atoms with E-state index in [1.54, 1.807) is 0 Å². The van der Waals surface area contributed by atoms with Crippen LogP contribution in [0.15, 0.2) is 54.6 Å². The molecule has 2 aromatic carbocycles. The van der Waals surface area contributed by atoms with Gasteiger partial charge in [-0.05, 0) is 43.3 Å². The van der Waals surface area contributed by atoms with Crippen LogP contribution in [0.4, 0.5) is 5.69 Å². The average Bonchev–Trinajstić information content (AvgIpc) is 2.47. The van der Waals surface area contributed by atoms with Crippen LogP contribution in [0.1, 0.15) is 6.92 Å². The molecule has 0 amide bonds. The van der Waals surface area contributed by atoms with Gasteiger partial charge in [0.15, 0.2) is 0 Å². The molecule has 0 bridgehead atoms. The van der Waals surface area contributed by atoms with Gasteiger partial charge in [0.1, 0.15) is 5.75 Å². The zero-order valence-corrected chi connectivity index (χ0v) is 11.3. The first kappa shape index (κ1) is 12.5. The molecule has 3 heteroatoms. The Morgan fingerprint density at radius 1 is 1.05 bits per heavy atom. The summed E-state index contributed by atoms with van der Waals surface area (Å²) in [6, 6.07) is 17.8. The maximum absolute atomic E-state index is 5.82. The summed E-state index contributed by atoms with van der Waals surface area (Å²) >= 11 is 0. The van der Waals surface area contributed by atoms with Gasteiger partial charge in [-0.15, -0.1) is 0 Å². The van der Waals surface area contributed by atoms with Gasteiger partial charge in [-0.2, -0.15) is 0 Å². The molecule has 0 aliphatic heterocycles. The number of nitrogen functional groups attached to an aromatic ring is 1. The number of anilines is 1. The minimum absolute atomic E-state index is 0.667. The van der Waals surface area contributed by atoms with Gasteiger partial charge in [0.2, 0.25) is 0 Å². The normalized spacial score (nSPS) is 10.7. The summed E-state index contributed by atoms with van der Waals surface area (Å²) in [5, 5.41) is 1.07. The molecule has 0 saturated heterocycles. The van der Waals surface area contributed by atoms with Crippen LogP contribution >= 0.6 is 0 Å². The third kappa shape index (κ3) is 2.43. The van der Waals surface area contributed by atoms with Crippen molar-refractivity contribution in [3.8, 4) is 17.0 Å². The van der Waals surface area contributed by atoms with Crippen LogP contribution in [0.25, 0.3) is 22.2 Å². The molecule has 3 rings (SSSR count). The van der Waals surface area contributed by atoms with Crippen LogP contribution in [0.2, 0.25) is 0 Å². The van der Waals surface area contributed by atoms with E-state index in [9.17, 15) is 0 Å². The monoisotopic (exact) mass is 264 g/mol. The molecule has 0 spiro atoms. The van der Waals surface area contributed by atoms with Gasteiger partial charge in [-0.3, -0.25) is 0 Å². The summed E-state index contributed by atoms with van der Waals surface area (Å²) < 4.78 is 5.50. The highest BCUT2D eigenvalue weighted by atomic mass is 16.5. The van der Waals surface area contributed by atoms with E-state index in [1.807, 2.05) is 55.5 Å². The summed E-state index contributed by atoms with van der Waals surface area (Å²) in [6.07, 6.45) is 0. The molecular formula is C17H16N2O. The lowest BCUT2D eigenvalue weighted by Crippen LogP contribution is -1.92. The Morgan fingerprint density at radius 3 is 2.75 bits per heavy atom. The van der Waals surface area contributed by atoms with E-state index in [2.05, 4.69) is 11.1 Å². The highest BCUT2D eigenvalue weighted by Crippen LogP contribution is 2.25. The molecule has 0 saturated carbocycles. The van der Waals surface area contributed by atoms with Gasteiger partial charge in [0.25, 0.3) is 0 Å². The van der Waals surface area contributed by atoms with Crippen molar-refractivity contribution in [2.24, 2.45) is 0 Å². The molecule has 0 aliphatic rings. The Kier molecular flexibility index (Phi) is 3.25. The molecule has 0 atom stereocenters. The topological polar surface area (TPSA) is 48.1 Å². The van der Waals surface area contributed by atoms with Crippen LogP contribution in [-0.2, 0) is 0 Å². The van der Waals surface area contributed by atoms with E-state index in [0.717, 1.165) is 33.6 Å². The van der Waals surface area contributed by atoms with E-state index in [4.69, 9.17) is 10.5 Å². The van der Waals surface area contributed by atoms with Gasteiger partial charge < -0.3 is 10.5 Å². The number of benzene rings is 2. The molecule has 3 nitrogen and oxygen atoms in total. The summed E-state index contributed by atoms with van der Waals surface area (Å²) in [5.41, 5.74) is 9.47. The van der Waals surface area contributed by atoms with Crippen molar-refractivity contribution in [3.63, 3.8) is 0 Å². The predicted molar refractivity (Wildman–Crippen MR) is 82.8 cm³/mol. The van der Waals surface area contributed by atoms with Gasteiger partial charge in [-0.1, -0.05) is 18.2 Å². The number of rotatable bonds is 3. The van der Waals surface area contributed by atoms with E-state index < -0.39 is 0 Å². The fraction of sp³-hybridized carbons (Fsp3) is 0.118. The van der Waals surface area contributed by atoms with Crippen LogP contribution in [0, 0.1) is 0 Å². The molecule has 20 heavy (non-hydrogen) atoms. The average molecular weight is 264 g/mol. The van der Waals surface area contributed by atoms with Crippen LogP contribution in [0.5, 0.6) is 5.75 Å². The second kappa shape index (κ2) is 5.21. The summed E-state index contributed by atoms with van der Waals surface area (Å²) in [6.45, 7) is 2.64. The summed E-state index contributed by atoms with van der Waals surface area (Å²) in [4.78, 5) is 4.68. The lowest BCUT2D eigenvalue weighted by Gasteiger charge is -2.06. The molecule has 0 radical (unpaired) electrons. The Bertz CT molecular complexity index is 753. The Labute approximate surface area is 118 Å². The Morgan fingerprint density at radius 2 is 1.95 bits per heavy atom. The molecule has 100 valence electrons. The molecule has 1 heterocycles. The van der Waals surface area contributed by atoms with E-state index in [1.165, 1.54) is 0 Å². The number of pyridine rings is 1. The lowest BCUT2D eigenvalue weighted by atomic mass is 10.1. The van der Waals surface area contributed by atoms with Crippen LogP contribution in [-0.4, -0.2) is 11.6 Å². The zero-order valence-electron chi connectivity index (χ0n) is 11.3. The fourth-order valence-corrected chi connectivity index (χ4v) is 2.22. The fourth-order valence-electron chi connectivity index (χ4n) is 2.22. The first-order valence-electron chi connectivity index (χ1n) is 6.66. The lowest BCUT2D eigenvalue weighted by molar-refractivity contribution is 0.340. The maximum atomic E-state index is 5.82. The van der Waals surface area contributed by atoms with Crippen molar-refractivity contribution in [3.05, 3.63) is 54.6 Å². The molecular weight excluding hydrogens is 248 g/mol. The predicted octanol–water partition coefficient (Wildman–Crippen LogP) is 3.88. The van der Waals surface area contributed by atoms with Crippen molar-refractivity contribution in [1.82, 2.24) is 4.98 Å². The van der Waals surface area contributed by atoms with Gasteiger partial charge in [-0.25, -0.2) is 4.98 Å². The first-order chi connectivity index (χ1) is 9.76. The molecule has 0 aliphatic carbocycles. The largest absolute Gasteiger partial charge is 0.494 e. The quantitative estimate of drug-likeness (QED) is 0.730. The van der Waals surface area contributed by atoms with E-state index in [-0.39, 0.29) is 0 Å². The highest BCUT2D eigenvalue weighted by molar-refractivity contribution is 5.83. The number of nitrogens with two attached hydrogens (primary N) is 1. The number of nitrogens with zero attached hydrogens (tertiary/aromatic N) is 1. The first-order valence-corrected chi connectivity index (χ1v) is 6.66. The third-order valence-corrected chi connectivity index (χ3v) is 3.15. The molecule has 0 fully saturated rings. The number of ether oxygens (including phenoxy) is 1. The molecule has 1 aromatic heterocycles. The van der Waals surface area contributed by atoms with Gasteiger partial charge in [0, 0.05) is 16.6 Å². The Balaban J connectivity index is 2.05. The summed E-state index contributed by atoms with van der Waals surface area (Å²) in [5.74, 6) is 0.874. The van der Waals surface area contributed by atoms with Crippen molar-refractivity contribution >= 4 is 16.6 Å². The second-order valence-corrected chi connectivity index (χ2v) is 4.61. The number of aromatic nitrogens is 1. The van der Waals surface area contributed by atoms with Crippen LogP contribution in [0.3, 0.4) is 0 Å². The maximum Gasteiger partial charge on any atom is 0.120 e. The highest BCUT2D eigenvalue weighted by Gasteiger charge is 2.03. The number of hydrogen-bond acceptors (Lipinski definition) is 3. The second-order valence-electron chi connectivity index (χ2n) is 4.61. The van der Waals surface area contributed by atoms with Crippen molar-refractivity contribution in [2.45, 2.75) is 6.92 Å². The Hall–Kier alpha value is -2.55. The SMILES string of the molecule is CCOc1ccc2nc(-c3cccc(N)c3)ccc2c1. The van der Waals surface area contributed by atoms with Gasteiger partial charge >= 0.3 is 0 Å². The van der Waals surface area contributed by atoms with Crippen LogP contribution < -0.4 is 10.5 Å². The van der Waals surface area contributed by atoms with Gasteiger partial charge in [0.05, 0.1) is 17.8 Å². The minimum Gasteiger partial charge on any atom is -0.494 e. The molecule has 0 unspecified atom stereocenters. The van der Waals surface area contributed by atoms with E-state index in [0.29, 0.717) is 6.61 Å². The number of hydrogen-bond donors (Lipinski definition) is 1. The van der Waals surface area contributed by atoms with E-state index >= 15 is 0 Å². The van der Waals surface area contributed by atoms with Crippen molar-refractivity contribution in [1.29, 1.82) is 0 Å². The van der Waals surface area contributed by atoms with Crippen molar-refractivity contribution in [2.75, 3.05) is 12.3 Å². The smallest absolute Gasteiger partial charge is 0.120 e. The molecule has 3 aromatic rings. The zero-order chi connectivity index (χ0) is 13.9.